The highest BCUT2D eigenvalue weighted by molar-refractivity contribution is 5.77. The van der Waals surface area contributed by atoms with E-state index in [0.717, 1.165) is 5.52 Å². The van der Waals surface area contributed by atoms with E-state index >= 15 is 0 Å². The summed E-state index contributed by atoms with van der Waals surface area (Å²) in [6, 6.07) is 4.68. The van der Waals surface area contributed by atoms with Crippen molar-refractivity contribution < 1.29 is 0 Å². The minimum absolute atomic E-state index is 0.321. The quantitative estimate of drug-likeness (QED) is 0.882. The SMILES string of the molecule is Cc1cc2ncn(C(CN)C(C)C)c2cc1C. The molecule has 17 heavy (non-hydrogen) atoms. The first-order valence-corrected chi connectivity index (χ1v) is 6.18. The standard InChI is InChI=1S/C14H21N3/c1-9(2)14(7-15)17-8-16-12-5-10(3)11(4)6-13(12)17/h5-6,8-9,14H,7,15H2,1-4H3. The van der Waals surface area contributed by atoms with Crippen LogP contribution in [0.15, 0.2) is 18.5 Å². The van der Waals surface area contributed by atoms with E-state index in [9.17, 15) is 0 Å². The molecule has 3 heteroatoms. The number of aryl methyl sites for hydroxylation is 2. The van der Waals surface area contributed by atoms with Crippen molar-refractivity contribution in [3.63, 3.8) is 0 Å². The van der Waals surface area contributed by atoms with Gasteiger partial charge in [-0.3, -0.25) is 0 Å². The average molecular weight is 231 g/mol. The molecule has 0 radical (unpaired) electrons. The molecule has 0 saturated carbocycles. The molecule has 0 spiro atoms. The predicted molar refractivity (Wildman–Crippen MR) is 72.1 cm³/mol. The molecule has 2 N–H and O–H groups in total. The summed E-state index contributed by atoms with van der Waals surface area (Å²) in [5.74, 6) is 0.513. The molecule has 0 aliphatic rings. The summed E-state index contributed by atoms with van der Waals surface area (Å²) >= 11 is 0. The topological polar surface area (TPSA) is 43.8 Å². The number of hydrogen-bond donors (Lipinski definition) is 1. The van der Waals surface area contributed by atoms with Gasteiger partial charge in [-0.2, -0.15) is 0 Å². The lowest BCUT2D eigenvalue weighted by Gasteiger charge is -2.21. The zero-order valence-corrected chi connectivity index (χ0v) is 11.1. The Morgan fingerprint density at radius 2 is 1.88 bits per heavy atom. The van der Waals surface area contributed by atoms with Gasteiger partial charge >= 0.3 is 0 Å². The van der Waals surface area contributed by atoms with E-state index in [1.807, 2.05) is 6.33 Å². The van der Waals surface area contributed by atoms with Gasteiger partial charge in [-0.25, -0.2) is 4.98 Å². The van der Waals surface area contributed by atoms with Gasteiger partial charge in [0, 0.05) is 12.6 Å². The third-order valence-corrected chi connectivity index (χ3v) is 3.56. The number of aromatic nitrogens is 2. The van der Waals surface area contributed by atoms with Crippen LogP contribution in [0.5, 0.6) is 0 Å². The first-order valence-electron chi connectivity index (χ1n) is 6.18. The summed E-state index contributed by atoms with van der Waals surface area (Å²) in [5.41, 5.74) is 10.7. The Hall–Kier alpha value is -1.35. The van der Waals surface area contributed by atoms with Crippen LogP contribution >= 0.6 is 0 Å². The van der Waals surface area contributed by atoms with Gasteiger partial charge in [-0.05, 0) is 43.0 Å². The van der Waals surface area contributed by atoms with E-state index in [1.54, 1.807) is 0 Å². The molecule has 1 atom stereocenters. The molecule has 0 aliphatic carbocycles. The van der Waals surface area contributed by atoms with Gasteiger partial charge in [-0.15, -0.1) is 0 Å². The molecule has 1 aromatic heterocycles. The second-order valence-corrected chi connectivity index (χ2v) is 5.12. The van der Waals surface area contributed by atoms with Gasteiger partial charge in [-0.1, -0.05) is 13.8 Å². The third kappa shape index (κ3) is 2.07. The Kier molecular flexibility index (Phi) is 3.20. The number of imidazole rings is 1. The second-order valence-electron chi connectivity index (χ2n) is 5.12. The van der Waals surface area contributed by atoms with Crippen LogP contribution < -0.4 is 5.73 Å². The summed E-state index contributed by atoms with van der Waals surface area (Å²) in [6.45, 7) is 9.31. The van der Waals surface area contributed by atoms with E-state index in [1.165, 1.54) is 16.6 Å². The summed E-state index contributed by atoms with van der Waals surface area (Å²) in [5, 5.41) is 0. The van der Waals surface area contributed by atoms with Gasteiger partial charge in [0.15, 0.2) is 0 Å². The average Bonchev–Trinajstić information content (AvgIpc) is 2.63. The highest BCUT2D eigenvalue weighted by Gasteiger charge is 2.16. The molecule has 0 saturated heterocycles. The number of fused-ring (bicyclic) bond motifs is 1. The van der Waals surface area contributed by atoms with Crippen LogP contribution in [-0.4, -0.2) is 16.1 Å². The van der Waals surface area contributed by atoms with Crippen molar-refractivity contribution in [3.05, 3.63) is 29.6 Å². The van der Waals surface area contributed by atoms with E-state index in [0.29, 0.717) is 18.5 Å². The molecule has 0 aliphatic heterocycles. The normalized spacial score (nSPS) is 13.5. The van der Waals surface area contributed by atoms with Gasteiger partial charge in [0.2, 0.25) is 0 Å². The van der Waals surface area contributed by atoms with Crippen molar-refractivity contribution in [1.29, 1.82) is 0 Å². The fourth-order valence-electron chi connectivity index (χ4n) is 2.25. The Morgan fingerprint density at radius 1 is 1.24 bits per heavy atom. The molecular weight excluding hydrogens is 210 g/mol. The fourth-order valence-corrected chi connectivity index (χ4v) is 2.25. The molecule has 2 aromatic rings. The minimum Gasteiger partial charge on any atom is -0.328 e. The molecule has 2 rings (SSSR count). The molecule has 1 heterocycles. The highest BCUT2D eigenvalue weighted by atomic mass is 15.1. The molecular formula is C14H21N3. The number of hydrogen-bond acceptors (Lipinski definition) is 2. The third-order valence-electron chi connectivity index (χ3n) is 3.56. The maximum Gasteiger partial charge on any atom is 0.0961 e. The minimum atomic E-state index is 0.321. The Bertz CT molecular complexity index is 525. The monoisotopic (exact) mass is 231 g/mol. The van der Waals surface area contributed by atoms with Gasteiger partial charge < -0.3 is 10.3 Å². The zero-order chi connectivity index (χ0) is 12.6. The molecule has 1 aromatic carbocycles. The van der Waals surface area contributed by atoms with Crippen molar-refractivity contribution >= 4 is 11.0 Å². The van der Waals surface area contributed by atoms with Crippen molar-refractivity contribution in [2.75, 3.05) is 6.54 Å². The van der Waals surface area contributed by atoms with E-state index in [4.69, 9.17) is 5.73 Å². The maximum atomic E-state index is 5.88. The number of nitrogens with two attached hydrogens (primary N) is 1. The van der Waals surface area contributed by atoms with Crippen molar-refractivity contribution in [3.8, 4) is 0 Å². The molecule has 1 unspecified atom stereocenters. The second kappa shape index (κ2) is 4.49. The van der Waals surface area contributed by atoms with Gasteiger partial charge in [0.1, 0.15) is 0 Å². The zero-order valence-electron chi connectivity index (χ0n) is 11.1. The number of rotatable bonds is 3. The predicted octanol–water partition coefficient (Wildman–Crippen LogP) is 2.81. The van der Waals surface area contributed by atoms with Crippen LogP contribution in [0, 0.1) is 19.8 Å². The van der Waals surface area contributed by atoms with Crippen molar-refractivity contribution in [1.82, 2.24) is 9.55 Å². The van der Waals surface area contributed by atoms with E-state index in [2.05, 4.69) is 49.4 Å². The van der Waals surface area contributed by atoms with Crippen molar-refractivity contribution in [2.24, 2.45) is 11.7 Å². The van der Waals surface area contributed by atoms with Crippen molar-refractivity contribution in [2.45, 2.75) is 33.7 Å². The Morgan fingerprint density at radius 3 is 2.47 bits per heavy atom. The number of benzene rings is 1. The highest BCUT2D eigenvalue weighted by Crippen LogP contribution is 2.24. The lowest BCUT2D eigenvalue weighted by molar-refractivity contribution is 0.393. The van der Waals surface area contributed by atoms with Gasteiger partial charge in [0.25, 0.3) is 0 Å². The van der Waals surface area contributed by atoms with Crippen LogP contribution in [0.25, 0.3) is 11.0 Å². The van der Waals surface area contributed by atoms with E-state index in [-0.39, 0.29) is 0 Å². The smallest absolute Gasteiger partial charge is 0.0961 e. The molecule has 0 bridgehead atoms. The fraction of sp³-hybridized carbons (Fsp3) is 0.500. The largest absolute Gasteiger partial charge is 0.328 e. The maximum absolute atomic E-state index is 5.88. The van der Waals surface area contributed by atoms with E-state index < -0.39 is 0 Å². The summed E-state index contributed by atoms with van der Waals surface area (Å²) in [6.07, 6.45) is 1.92. The van der Waals surface area contributed by atoms with Crippen LogP contribution in [0.3, 0.4) is 0 Å². The molecule has 0 amide bonds. The summed E-state index contributed by atoms with van der Waals surface area (Å²) in [7, 11) is 0. The first kappa shape index (κ1) is 12.1. The Labute approximate surface area is 103 Å². The van der Waals surface area contributed by atoms with Crippen LogP contribution in [0.2, 0.25) is 0 Å². The van der Waals surface area contributed by atoms with Crippen LogP contribution in [0.1, 0.15) is 31.0 Å². The Balaban J connectivity index is 2.59. The first-order chi connectivity index (χ1) is 8.04. The summed E-state index contributed by atoms with van der Waals surface area (Å²) in [4.78, 5) is 4.48. The molecule has 3 nitrogen and oxygen atoms in total. The summed E-state index contributed by atoms with van der Waals surface area (Å²) < 4.78 is 2.21. The molecule has 0 fully saturated rings. The number of nitrogens with zero attached hydrogens (tertiary/aromatic N) is 2. The lowest BCUT2D eigenvalue weighted by atomic mass is 10.0. The van der Waals surface area contributed by atoms with Crippen LogP contribution in [0.4, 0.5) is 0 Å². The van der Waals surface area contributed by atoms with Gasteiger partial charge in [0.05, 0.1) is 17.4 Å². The van der Waals surface area contributed by atoms with Crippen LogP contribution in [-0.2, 0) is 0 Å². The molecule has 92 valence electrons. The lowest BCUT2D eigenvalue weighted by Crippen LogP contribution is -2.23.